The summed E-state index contributed by atoms with van der Waals surface area (Å²) in [5.74, 6) is 0.0995. The maximum Gasteiger partial charge on any atom is 0.240 e. The fourth-order valence-corrected chi connectivity index (χ4v) is 2.30. The van der Waals surface area contributed by atoms with Crippen LogP contribution < -0.4 is 15.0 Å². The predicted molar refractivity (Wildman–Crippen MR) is 96.3 cm³/mol. The summed E-state index contributed by atoms with van der Waals surface area (Å²) in [6, 6.07) is 10.9. The Morgan fingerprint density at radius 2 is 1.96 bits per heavy atom. The molecule has 0 bridgehead atoms. The van der Waals surface area contributed by atoms with Crippen LogP contribution in [0.15, 0.2) is 48.8 Å². The Labute approximate surface area is 147 Å². The van der Waals surface area contributed by atoms with Gasteiger partial charge < -0.3 is 10.1 Å². The van der Waals surface area contributed by atoms with Crippen molar-refractivity contribution in [3.05, 3.63) is 54.4 Å². The van der Waals surface area contributed by atoms with Gasteiger partial charge in [0.15, 0.2) is 0 Å². The van der Waals surface area contributed by atoms with Gasteiger partial charge in [-0.25, -0.2) is 0 Å². The molecular formula is C19H23N3O3. The molecule has 0 radical (unpaired) electrons. The van der Waals surface area contributed by atoms with Crippen molar-refractivity contribution < 1.29 is 14.3 Å². The zero-order valence-electron chi connectivity index (χ0n) is 14.7. The van der Waals surface area contributed by atoms with Crippen molar-refractivity contribution in [2.45, 2.75) is 33.4 Å². The molecule has 0 saturated heterocycles. The molecule has 132 valence electrons. The highest BCUT2D eigenvalue weighted by Gasteiger charge is 2.19. The topological polar surface area (TPSA) is 71.5 Å². The van der Waals surface area contributed by atoms with E-state index in [9.17, 15) is 9.59 Å². The minimum Gasteiger partial charge on any atom is -0.489 e. The Hall–Kier alpha value is -2.89. The van der Waals surface area contributed by atoms with Crippen molar-refractivity contribution in [3.8, 4) is 5.75 Å². The van der Waals surface area contributed by atoms with Crippen LogP contribution in [0.4, 0.5) is 5.69 Å². The third kappa shape index (κ3) is 5.60. The molecule has 0 fully saturated rings. The first kappa shape index (κ1) is 18.4. The number of rotatable bonds is 7. The van der Waals surface area contributed by atoms with Crippen LogP contribution in [0.5, 0.6) is 5.75 Å². The third-order valence-corrected chi connectivity index (χ3v) is 3.41. The maximum absolute atomic E-state index is 12.3. The summed E-state index contributed by atoms with van der Waals surface area (Å²) < 4.78 is 5.75. The quantitative estimate of drug-likeness (QED) is 0.840. The number of pyridine rings is 1. The van der Waals surface area contributed by atoms with Crippen LogP contribution in [-0.4, -0.2) is 29.4 Å². The lowest BCUT2D eigenvalue weighted by molar-refractivity contribution is -0.123. The second kappa shape index (κ2) is 8.82. The zero-order chi connectivity index (χ0) is 18.2. The zero-order valence-corrected chi connectivity index (χ0v) is 14.7. The Morgan fingerprint density at radius 1 is 1.20 bits per heavy atom. The van der Waals surface area contributed by atoms with Crippen molar-refractivity contribution >= 4 is 17.5 Å². The number of carbonyl (C=O) groups is 2. The molecule has 0 saturated carbocycles. The van der Waals surface area contributed by atoms with Crippen LogP contribution in [0.1, 0.15) is 26.3 Å². The number of hydrogen-bond donors (Lipinski definition) is 1. The lowest BCUT2D eigenvalue weighted by Crippen LogP contribution is -2.39. The SMILES string of the molecule is CC(=O)N(CC(=O)NCc1cccnc1)c1ccccc1OC(C)C. The Kier molecular flexibility index (Phi) is 6.51. The van der Waals surface area contributed by atoms with Gasteiger partial charge in [-0.1, -0.05) is 18.2 Å². The molecule has 25 heavy (non-hydrogen) atoms. The average Bonchev–Trinajstić information content (AvgIpc) is 2.59. The second-order valence-electron chi connectivity index (χ2n) is 5.88. The number of aromatic nitrogens is 1. The normalized spacial score (nSPS) is 10.4. The predicted octanol–water partition coefficient (Wildman–Crippen LogP) is 2.54. The van der Waals surface area contributed by atoms with Gasteiger partial charge >= 0.3 is 0 Å². The lowest BCUT2D eigenvalue weighted by Gasteiger charge is -2.24. The van der Waals surface area contributed by atoms with E-state index in [2.05, 4.69) is 10.3 Å². The van der Waals surface area contributed by atoms with Gasteiger partial charge in [0.1, 0.15) is 12.3 Å². The number of carbonyl (C=O) groups excluding carboxylic acids is 2. The molecule has 0 spiro atoms. The highest BCUT2D eigenvalue weighted by molar-refractivity contribution is 5.98. The van der Waals surface area contributed by atoms with Gasteiger partial charge in [0, 0.05) is 25.9 Å². The van der Waals surface area contributed by atoms with Gasteiger partial charge in [-0.05, 0) is 37.6 Å². The molecule has 0 unspecified atom stereocenters. The first-order chi connectivity index (χ1) is 12.0. The molecule has 1 aromatic carbocycles. The van der Waals surface area contributed by atoms with E-state index < -0.39 is 0 Å². The van der Waals surface area contributed by atoms with Crippen LogP contribution >= 0.6 is 0 Å². The molecule has 0 aliphatic carbocycles. The van der Waals surface area contributed by atoms with Crippen LogP contribution in [0, 0.1) is 0 Å². The Balaban J connectivity index is 2.08. The monoisotopic (exact) mass is 341 g/mol. The molecule has 2 aromatic rings. The number of amides is 2. The van der Waals surface area contributed by atoms with E-state index >= 15 is 0 Å². The van der Waals surface area contributed by atoms with Crippen LogP contribution in [-0.2, 0) is 16.1 Å². The molecule has 1 heterocycles. The molecule has 0 aliphatic rings. The number of anilines is 1. The third-order valence-electron chi connectivity index (χ3n) is 3.41. The van der Waals surface area contributed by atoms with Crippen molar-refractivity contribution in [1.82, 2.24) is 10.3 Å². The number of benzene rings is 1. The van der Waals surface area contributed by atoms with Gasteiger partial charge in [-0.3, -0.25) is 19.5 Å². The van der Waals surface area contributed by atoms with E-state index in [0.29, 0.717) is 18.0 Å². The summed E-state index contributed by atoms with van der Waals surface area (Å²) in [5.41, 5.74) is 1.48. The summed E-state index contributed by atoms with van der Waals surface area (Å²) in [6.07, 6.45) is 3.33. The molecule has 6 heteroatoms. The van der Waals surface area contributed by atoms with Crippen LogP contribution in [0.25, 0.3) is 0 Å². The molecular weight excluding hydrogens is 318 g/mol. The fourth-order valence-electron chi connectivity index (χ4n) is 2.30. The summed E-state index contributed by atoms with van der Waals surface area (Å²) in [6.45, 7) is 5.54. The number of nitrogens with one attached hydrogen (secondary N) is 1. The molecule has 6 nitrogen and oxygen atoms in total. The van der Waals surface area contributed by atoms with Gasteiger partial charge in [0.05, 0.1) is 11.8 Å². The minimum absolute atomic E-state index is 0.0330. The van der Waals surface area contributed by atoms with Gasteiger partial charge in [0.25, 0.3) is 0 Å². The fraction of sp³-hybridized carbons (Fsp3) is 0.316. The van der Waals surface area contributed by atoms with Crippen molar-refractivity contribution in [1.29, 1.82) is 0 Å². The highest BCUT2D eigenvalue weighted by atomic mass is 16.5. The minimum atomic E-state index is -0.251. The molecule has 1 aromatic heterocycles. The smallest absolute Gasteiger partial charge is 0.240 e. The number of nitrogens with zero attached hydrogens (tertiary/aromatic N) is 2. The first-order valence-corrected chi connectivity index (χ1v) is 8.16. The second-order valence-corrected chi connectivity index (χ2v) is 5.88. The highest BCUT2D eigenvalue weighted by Crippen LogP contribution is 2.29. The number of hydrogen-bond acceptors (Lipinski definition) is 4. The van der Waals surface area contributed by atoms with Gasteiger partial charge in [-0.15, -0.1) is 0 Å². The summed E-state index contributed by atoms with van der Waals surface area (Å²) >= 11 is 0. The van der Waals surface area contributed by atoms with Gasteiger partial charge in [0.2, 0.25) is 11.8 Å². The first-order valence-electron chi connectivity index (χ1n) is 8.16. The van der Waals surface area contributed by atoms with E-state index in [1.54, 1.807) is 24.5 Å². The summed E-state index contributed by atoms with van der Waals surface area (Å²) in [5, 5.41) is 2.80. The number of para-hydroxylation sites is 2. The lowest BCUT2D eigenvalue weighted by atomic mass is 10.2. The van der Waals surface area contributed by atoms with E-state index in [1.807, 2.05) is 38.1 Å². The van der Waals surface area contributed by atoms with Crippen molar-refractivity contribution in [2.24, 2.45) is 0 Å². The summed E-state index contributed by atoms with van der Waals surface area (Å²) in [4.78, 5) is 29.8. The average molecular weight is 341 g/mol. The van der Waals surface area contributed by atoms with Crippen LogP contribution in [0.2, 0.25) is 0 Å². The van der Waals surface area contributed by atoms with E-state index in [4.69, 9.17) is 4.74 Å². The maximum atomic E-state index is 12.3. The molecule has 0 aliphatic heterocycles. The molecule has 2 amide bonds. The van der Waals surface area contributed by atoms with Crippen molar-refractivity contribution in [3.63, 3.8) is 0 Å². The van der Waals surface area contributed by atoms with Crippen LogP contribution in [0.3, 0.4) is 0 Å². The van der Waals surface area contributed by atoms with E-state index in [-0.39, 0.29) is 24.5 Å². The standard InChI is InChI=1S/C19H23N3O3/c1-14(2)25-18-9-5-4-8-17(18)22(15(3)23)13-19(24)21-12-16-7-6-10-20-11-16/h4-11,14H,12-13H2,1-3H3,(H,21,24). The van der Waals surface area contributed by atoms with E-state index in [1.165, 1.54) is 11.8 Å². The molecule has 2 rings (SSSR count). The Morgan fingerprint density at radius 3 is 2.60 bits per heavy atom. The number of ether oxygens (including phenoxy) is 1. The molecule has 0 atom stereocenters. The van der Waals surface area contributed by atoms with E-state index in [0.717, 1.165) is 5.56 Å². The van der Waals surface area contributed by atoms with Gasteiger partial charge in [-0.2, -0.15) is 0 Å². The molecule has 1 N–H and O–H groups in total. The largest absolute Gasteiger partial charge is 0.489 e. The van der Waals surface area contributed by atoms with Crippen molar-refractivity contribution in [2.75, 3.05) is 11.4 Å². The summed E-state index contributed by atoms with van der Waals surface area (Å²) in [7, 11) is 0. The Bertz CT molecular complexity index is 717.